The predicted octanol–water partition coefficient (Wildman–Crippen LogP) is 20.0. The Morgan fingerprint density at radius 1 is 0.263 bits per heavy atom. The number of anilines is 6. The maximum Gasteiger partial charge on any atom is 0.0546 e. The van der Waals surface area contributed by atoms with E-state index in [4.69, 9.17) is 0 Å². The average molecular weight is 975 g/mol. The quantitative estimate of drug-likeness (QED) is 0.134. The molecule has 0 saturated carbocycles. The monoisotopic (exact) mass is 974 g/mol. The summed E-state index contributed by atoms with van der Waals surface area (Å²) in [5.74, 6) is 0. The van der Waals surface area contributed by atoms with Crippen molar-refractivity contribution in [3.05, 3.63) is 277 Å². The first-order valence-electron chi connectivity index (χ1n) is 26.3. The summed E-state index contributed by atoms with van der Waals surface area (Å²) in [6, 6.07) is 93.3. The van der Waals surface area contributed by atoms with E-state index in [1.807, 2.05) is 0 Å². The van der Waals surface area contributed by atoms with Crippen LogP contribution in [0.1, 0.15) is 22.5 Å². The highest BCUT2D eigenvalue weighted by atomic mass is 15.2. The topological polar surface area (TPSA) is 16.3 Å². The summed E-state index contributed by atoms with van der Waals surface area (Å²) in [5, 5.41) is 12.4. The van der Waals surface area contributed by atoms with E-state index < -0.39 is 0 Å². The second kappa shape index (κ2) is 18.1. The Kier molecular flexibility index (Phi) is 10.7. The third-order valence-corrected chi connectivity index (χ3v) is 16.1. The number of benzene rings is 12. The van der Waals surface area contributed by atoms with Gasteiger partial charge < -0.3 is 18.9 Å². The zero-order valence-corrected chi connectivity index (χ0v) is 43.0. The Labute approximate surface area is 443 Å². The number of fused-ring (bicyclic) bond motifs is 8. The molecule has 0 N–H and O–H groups in total. The van der Waals surface area contributed by atoms with E-state index in [0.29, 0.717) is 0 Å². The minimum absolute atomic E-state index is 1.11. The molecule has 2 heterocycles. The fraction of sp³-hybridized carbons (Fsp3) is 0.0556. The first-order chi connectivity index (χ1) is 37.4. The molecule has 0 bridgehead atoms. The number of rotatable bonds is 9. The van der Waals surface area contributed by atoms with Gasteiger partial charge in [0.2, 0.25) is 0 Å². The molecule has 76 heavy (non-hydrogen) atoms. The maximum atomic E-state index is 2.42. The van der Waals surface area contributed by atoms with Gasteiger partial charge in [0.25, 0.3) is 0 Å². The number of aromatic nitrogens is 2. The zero-order chi connectivity index (χ0) is 51.0. The van der Waals surface area contributed by atoms with Crippen LogP contribution in [0.4, 0.5) is 34.1 Å². The summed E-state index contributed by atoms with van der Waals surface area (Å²) in [6.45, 7) is 9.02. The minimum Gasteiger partial charge on any atom is -0.314 e. The van der Waals surface area contributed by atoms with Crippen molar-refractivity contribution in [2.24, 2.45) is 0 Å². The van der Waals surface area contributed by atoms with E-state index in [2.05, 4.69) is 301 Å². The Balaban J connectivity index is 0.798. The molecule has 362 valence electrons. The molecule has 0 fully saturated rings. The van der Waals surface area contributed by atoms with Crippen molar-refractivity contribution in [1.82, 2.24) is 9.13 Å². The predicted molar refractivity (Wildman–Crippen MR) is 324 cm³/mol. The molecule has 2 aromatic heterocycles. The van der Waals surface area contributed by atoms with Crippen LogP contribution < -0.4 is 9.80 Å². The first kappa shape index (κ1) is 45.0. The number of hydrogen-bond donors (Lipinski definition) is 0. The molecule has 0 aliphatic heterocycles. The van der Waals surface area contributed by atoms with Crippen LogP contribution in [0, 0.1) is 27.7 Å². The molecular weight excluding hydrogens is 921 g/mol. The number of nitrogens with zero attached hydrogens (tertiary/aromatic N) is 4. The van der Waals surface area contributed by atoms with Gasteiger partial charge in [-0.2, -0.15) is 0 Å². The molecule has 12 aromatic carbocycles. The van der Waals surface area contributed by atoms with Gasteiger partial charge in [-0.25, -0.2) is 0 Å². The zero-order valence-electron chi connectivity index (χ0n) is 43.0. The summed E-state index contributed by atoms with van der Waals surface area (Å²) in [4.78, 5) is 4.80. The smallest absolute Gasteiger partial charge is 0.0546 e. The summed E-state index contributed by atoms with van der Waals surface area (Å²) < 4.78 is 4.84. The second-order valence-electron chi connectivity index (χ2n) is 20.3. The van der Waals surface area contributed by atoms with E-state index in [-0.39, 0.29) is 0 Å². The molecule has 0 atom stereocenters. The summed E-state index contributed by atoms with van der Waals surface area (Å²) >= 11 is 0. The Bertz CT molecular complexity index is 4250. The van der Waals surface area contributed by atoms with Crippen LogP contribution in [-0.4, -0.2) is 9.13 Å². The van der Waals surface area contributed by atoms with Gasteiger partial charge in [-0.3, -0.25) is 0 Å². The van der Waals surface area contributed by atoms with E-state index in [1.165, 1.54) is 98.5 Å². The van der Waals surface area contributed by atoms with Gasteiger partial charge in [0.05, 0.1) is 22.4 Å². The Morgan fingerprint density at radius 2 is 0.592 bits per heavy atom. The normalized spacial score (nSPS) is 11.7. The van der Waals surface area contributed by atoms with Gasteiger partial charge in [-0.15, -0.1) is 0 Å². The van der Waals surface area contributed by atoms with Crippen LogP contribution in [0.3, 0.4) is 0 Å². The first-order valence-corrected chi connectivity index (χ1v) is 26.3. The molecule has 14 rings (SSSR count). The minimum atomic E-state index is 1.11. The number of aryl methyl sites for hydroxylation is 2. The summed E-state index contributed by atoms with van der Waals surface area (Å²) in [7, 11) is 0. The van der Waals surface area contributed by atoms with Gasteiger partial charge >= 0.3 is 0 Å². The molecule has 4 nitrogen and oxygen atoms in total. The molecule has 0 saturated heterocycles. The Morgan fingerprint density at radius 3 is 0.987 bits per heavy atom. The highest BCUT2D eigenvalue weighted by molar-refractivity contribution is 6.16. The molecule has 4 heteroatoms. The molecular formula is C72H54N4. The maximum absolute atomic E-state index is 2.42. The average Bonchev–Trinajstić information content (AvgIpc) is 3.88. The van der Waals surface area contributed by atoms with E-state index in [0.717, 1.165) is 45.5 Å². The van der Waals surface area contributed by atoms with Gasteiger partial charge in [0, 0.05) is 67.1 Å². The van der Waals surface area contributed by atoms with Crippen molar-refractivity contribution in [3.8, 4) is 22.5 Å². The van der Waals surface area contributed by atoms with Crippen molar-refractivity contribution in [2.45, 2.75) is 27.7 Å². The third kappa shape index (κ3) is 7.28. The second-order valence-corrected chi connectivity index (χ2v) is 20.3. The highest BCUT2D eigenvalue weighted by Crippen LogP contribution is 2.45. The largest absolute Gasteiger partial charge is 0.314 e. The van der Waals surface area contributed by atoms with Gasteiger partial charge in [0.15, 0.2) is 0 Å². The number of hydrogen-bond acceptors (Lipinski definition) is 2. The van der Waals surface area contributed by atoms with Gasteiger partial charge in [-0.1, -0.05) is 146 Å². The van der Waals surface area contributed by atoms with E-state index in [1.54, 1.807) is 0 Å². The van der Waals surface area contributed by atoms with Crippen molar-refractivity contribution < 1.29 is 0 Å². The van der Waals surface area contributed by atoms with Crippen molar-refractivity contribution in [1.29, 1.82) is 0 Å². The lowest BCUT2D eigenvalue weighted by Crippen LogP contribution is -2.11. The third-order valence-electron chi connectivity index (χ3n) is 16.1. The molecule has 0 aliphatic rings. The molecule has 0 amide bonds. The number of para-hydroxylation sites is 2. The van der Waals surface area contributed by atoms with Gasteiger partial charge in [-0.05, 0) is 191 Å². The van der Waals surface area contributed by atoms with Crippen molar-refractivity contribution in [2.75, 3.05) is 9.80 Å². The lowest BCUT2D eigenvalue weighted by molar-refractivity contribution is 1.04. The van der Waals surface area contributed by atoms with Crippen LogP contribution in [0.25, 0.3) is 87.4 Å². The summed E-state index contributed by atoms with van der Waals surface area (Å²) in [6.07, 6.45) is 0. The SMILES string of the molecule is Cc1c(C)n(-c2ccc(N(c3ccccc3)c3cc4ccccc4c4ccccc34)cc2)c2ccc(-c3ccc4c(c3)c(C)c(C)n4-c3ccc(N(c4ccccc4)c4cc5ccccc5c5ccccc45)cc3)cc12. The van der Waals surface area contributed by atoms with Gasteiger partial charge in [0.1, 0.15) is 0 Å². The molecule has 14 aromatic rings. The van der Waals surface area contributed by atoms with Crippen molar-refractivity contribution in [3.63, 3.8) is 0 Å². The Hall–Kier alpha value is -9.64. The van der Waals surface area contributed by atoms with Crippen LogP contribution in [-0.2, 0) is 0 Å². The molecule has 0 spiro atoms. The van der Waals surface area contributed by atoms with Crippen LogP contribution >= 0.6 is 0 Å². The standard InChI is InChI=1S/C72H54N4/c1-47-49(3)73(57-33-37-59(38-34-57)75(55-21-7-5-8-22-55)71-45-53-19-11-13-25-61(53)63-27-15-17-29-65(63)71)69-41-31-51(43-67(47)69)52-32-42-70-68(44-52)48(2)50(4)74(70)58-35-39-60(40-36-58)76(56-23-9-6-10-24-56)72-46-54-20-12-14-26-62(54)64-28-16-18-30-66(64)72/h5-46H,1-4H3. The summed E-state index contributed by atoms with van der Waals surface area (Å²) in [5.41, 5.74) is 18.9. The lowest BCUT2D eigenvalue weighted by atomic mass is 9.99. The van der Waals surface area contributed by atoms with E-state index >= 15 is 0 Å². The van der Waals surface area contributed by atoms with E-state index in [9.17, 15) is 0 Å². The van der Waals surface area contributed by atoms with Crippen LogP contribution in [0.5, 0.6) is 0 Å². The highest BCUT2D eigenvalue weighted by Gasteiger charge is 2.22. The van der Waals surface area contributed by atoms with Crippen molar-refractivity contribution >= 4 is 99.0 Å². The lowest BCUT2D eigenvalue weighted by Gasteiger charge is -2.28. The molecule has 0 unspecified atom stereocenters. The molecule has 0 radical (unpaired) electrons. The van der Waals surface area contributed by atoms with Crippen LogP contribution in [0.15, 0.2) is 255 Å². The fourth-order valence-corrected chi connectivity index (χ4v) is 12.1. The van der Waals surface area contributed by atoms with Crippen LogP contribution in [0.2, 0.25) is 0 Å². The molecule has 0 aliphatic carbocycles. The fourth-order valence-electron chi connectivity index (χ4n) is 12.1.